The van der Waals surface area contributed by atoms with E-state index in [1.54, 1.807) is 0 Å². The predicted molar refractivity (Wildman–Crippen MR) is 116 cm³/mol. The van der Waals surface area contributed by atoms with E-state index in [0.717, 1.165) is 51.4 Å². The lowest BCUT2D eigenvalue weighted by Gasteiger charge is -2.26. The predicted octanol–water partition coefficient (Wildman–Crippen LogP) is 4.13. The van der Waals surface area contributed by atoms with E-state index in [1.807, 2.05) is 0 Å². The SMILES string of the molecule is O=C(NCCCN1CCOCC1)Nc1cc(F)c(Oc2ccnc3[nH]cc(Cl)c23)c(F)c1. The van der Waals surface area contributed by atoms with E-state index < -0.39 is 23.4 Å². The molecule has 3 aromatic rings. The number of hydrogen-bond donors (Lipinski definition) is 3. The molecule has 0 radical (unpaired) electrons. The van der Waals surface area contributed by atoms with Crippen LogP contribution < -0.4 is 15.4 Å². The Morgan fingerprint density at radius 3 is 2.78 bits per heavy atom. The molecule has 0 aliphatic carbocycles. The minimum absolute atomic E-state index is 0.0300. The van der Waals surface area contributed by atoms with Crippen molar-refractivity contribution in [1.29, 1.82) is 0 Å². The molecule has 0 atom stereocenters. The van der Waals surface area contributed by atoms with Crippen LogP contribution in [0.2, 0.25) is 5.02 Å². The molecule has 170 valence electrons. The van der Waals surface area contributed by atoms with E-state index in [2.05, 4.69) is 25.5 Å². The van der Waals surface area contributed by atoms with Crippen LogP contribution in [0.4, 0.5) is 19.3 Å². The third-order valence-corrected chi connectivity index (χ3v) is 5.29. The number of morpholine rings is 1. The van der Waals surface area contributed by atoms with Gasteiger partial charge in [-0.1, -0.05) is 11.6 Å². The zero-order chi connectivity index (χ0) is 22.5. The summed E-state index contributed by atoms with van der Waals surface area (Å²) in [4.78, 5) is 21.2. The van der Waals surface area contributed by atoms with E-state index in [4.69, 9.17) is 21.1 Å². The summed E-state index contributed by atoms with van der Waals surface area (Å²) in [7, 11) is 0. The van der Waals surface area contributed by atoms with Crippen LogP contribution in [0.25, 0.3) is 11.0 Å². The van der Waals surface area contributed by atoms with Crippen molar-refractivity contribution in [3.8, 4) is 11.5 Å². The van der Waals surface area contributed by atoms with E-state index in [9.17, 15) is 13.6 Å². The third-order valence-electron chi connectivity index (χ3n) is 5.00. The summed E-state index contributed by atoms with van der Waals surface area (Å²) in [6.45, 7) is 4.46. The monoisotopic (exact) mass is 465 g/mol. The third kappa shape index (κ3) is 5.26. The van der Waals surface area contributed by atoms with Gasteiger partial charge < -0.3 is 25.1 Å². The van der Waals surface area contributed by atoms with E-state index >= 15 is 0 Å². The van der Waals surface area contributed by atoms with Crippen molar-refractivity contribution < 1.29 is 23.0 Å². The van der Waals surface area contributed by atoms with Crippen LogP contribution in [0.5, 0.6) is 11.5 Å². The molecule has 1 aliphatic heterocycles. The zero-order valence-corrected chi connectivity index (χ0v) is 17.8. The second kappa shape index (κ2) is 10.1. The van der Waals surface area contributed by atoms with Gasteiger partial charge in [0, 0.05) is 49.8 Å². The first-order chi connectivity index (χ1) is 15.5. The first-order valence-corrected chi connectivity index (χ1v) is 10.5. The smallest absolute Gasteiger partial charge is 0.319 e. The first kappa shape index (κ1) is 22.3. The highest BCUT2D eigenvalue weighted by atomic mass is 35.5. The van der Waals surface area contributed by atoms with Crippen LogP contribution in [0.1, 0.15) is 6.42 Å². The molecular weight excluding hydrogens is 444 g/mol. The fraction of sp³-hybridized carbons (Fsp3) is 0.333. The summed E-state index contributed by atoms with van der Waals surface area (Å²) in [5.74, 6) is -2.39. The average Bonchev–Trinajstić information content (AvgIpc) is 3.16. The highest BCUT2D eigenvalue weighted by Gasteiger charge is 2.18. The van der Waals surface area contributed by atoms with E-state index in [1.165, 1.54) is 18.5 Å². The molecule has 32 heavy (non-hydrogen) atoms. The summed E-state index contributed by atoms with van der Waals surface area (Å²) in [5.41, 5.74) is 0.398. The highest BCUT2D eigenvalue weighted by Crippen LogP contribution is 2.36. The Labute approximate surface area is 187 Å². The van der Waals surface area contributed by atoms with Crippen molar-refractivity contribution in [1.82, 2.24) is 20.2 Å². The Morgan fingerprint density at radius 2 is 2.03 bits per heavy atom. The van der Waals surface area contributed by atoms with Crippen LogP contribution in [-0.2, 0) is 4.74 Å². The number of aromatic nitrogens is 2. The molecule has 0 bridgehead atoms. The summed E-state index contributed by atoms with van der Waals surface area (Å²) < 4.78 is 39.9. The van der Waals surface area contributed by atoms with E-state index in [-0.39, 0.29) is 11.4 Å². The number of aromatic amines is 1. The van der Waals surface area contributed by atoms with Gasteiger partial charge in [-0.3, -0.25) is 4.90 Å². The molecule has 4 rings (SSSR count). The maximum absolute atomic E-state index is 14.6. The number of carbonyl (C=O) groups excluding carboxylic acids is 1. The molecule has 11 heteroatoms. The second-order valence-electron chi connectivity index (χ2n) is 7.23. The first-order valence-electron chi connectivity index (χ1n) is 10.1. The summed E-state index contributed by atoms with van der Waals surface area (Å²) in [6.07, 6.45) is 3.69. The van der Waals surface area contributed by atoms with Crippen molar-refractivity contribution >= 4 is 34.4 Å². The lowest BCUT2D eigenvalue weighted by molar-refractivity contribution is 0.0375. The molecule has 3 heterocycles. The van der Waals surface area contributed by atoms with Gasteiger partial charge in [0.15, 0.2) is 17.4 Å². The standard InChI is InChI=1S/C21H22ClF2N5O3/c22-14-12-27-20-18(14)17(2-4-25-20)32-19-15(23)10-13(11-16(19)24)28-21(30)26-3-1-5-29-6-8-31-9-7-29/h2,4,10-12H,1,3,5-9H2,(H,25,27)(H2,26,28,30). The summed E-state index contributed by atoms with van der Waals surface area (Å²) in [6, 6.07) is 2.89. The molecule has 0 unspecified atom stereocenters. The number of H-pyrrole nitrogens is 1. The normalized spacial score (nSPS) is 14.5. The molecular formula is C21H22ClF2N5O3. The molecule has 3 N–H and O–H groups in total. The molecule has 8 nitrogen and oxygen atoms in total. The number of pyridine rings is 1. The molecule has 2 amide bonds. The molecule has 1 aliphatic rings. The quantitative estimate of drug-likeness (QED) is 0.456. The Hall–Kier alpha value is -2.95. The second-order valence-corrected chi connectivity index (χ2v) is 7.64. The van der Waals surface area contributed by atoms with E-state index in [0.29, 0.717) is 22.6 Å². The van der Waals surface area contributed by atoms with Gasteiger partial charge in [0.25, 0.3) is 0 Å². The number of rotatable bonds is 7. The fourth-order valence-corrected chi connectivity index (χ4v) is 3.65. The van der Waals surface area contributed by atoms with Gasteiger partial charge in [-0.25, -0.2) is 18.6 Å². The van der Waals surface area contributed by atoms with Gasteiger partial charge in [-0.05, 0) is 19.0 Å². The summed E-state index contributed by atoms with van der Waals surface area (Å²) >= 11 is 6.10. The van der Waals surface area contributed by atoms with Crippen molar-refractivity contribution in [3.05, 3.63) is 47.2 Å². The average molecular weight is 466 g/mol. The molecule has 1 saturated heterocycles. The molecule has 1 aromatic carbocycles. The highest BCUT2D eigenvalue weighted by molar-refractivity contribution is 6.36. The summed E-state index contributed by atoms with van der Waals surface area (Å²) in [5, 5.41) is 5.83. The Bertz CT molecular complexity index is 1080. The lowest BCUT2D eigenvalue weighted by atomic mass is 10.2. The van der Waals surface area contributed by atoms with Gasteiger partial charge in [0.1, 0.15) is 11.4 Å². The van der Waals surface area contributed by atoms with Crippen molar-refractivity contribution in [2.75, 3.05) is 44.7 Å². The Balaban J connectivity index is 1.35. The number of amides is 2. The fourth-order valence-electron chi connectivity index (χ4n) is 3.42. The van der Waals surface area contributed by atoms with Crippen LogP contribution in [0.3, 0.4) is 0 Å². The number of anilines is 1. The number of halogens is 3. The van der Waals surface area contributed by atoms with Crippen molar-refractivity contribution in [3.63, 3.8) is 0 Å². The minimum Gasteiger partial charge on any atom is -0.450 e. The number of hydrogen-bond acceptors (Lipinski definition) is 5. The Kier molecular flexibility index (Phi) is 7.03. The number of benzene rings is 1. The molecule has 2 aromatic heterocycles. The lowest BCUT2D eigenvalue weighted by Crippen LogP contribution is -2.38. The molecule has 0 spiro atoms. The topological polar surface area (TPSA) is 91.5 Å². The maximum atomic E-state index is 14.6. The number of nitrogens with zero attached hydrogens (tertiary/aromatic N) is 2. The number of nitrogens with one attached hydrogen (secondary N) is 3. The van der Waals surface area contributed by atoms with Gasteiger partial charge >= 0.3 is 6.03 Å². The van der Waals surface area contributed by atoms with Crippen molar-refractivity contribution in [2.24, 2.45) is 0 Å². The number of fused-ring (bicyclic) bond motifs is 1. The van der Waals surface area contributed by atoms with Crippen molar-refractivity contribution in [2.45, 2.75) is 6.42 Å². The van der Waals surface area contributed by atoms with Crippen LogP contribution in [0, 0.1) is 11.6 Å². The van der Waals surface area contributed by atoms with Crippen LogP contribution >= 0.6 is 11.6 Å². The van der Waals surface area contributed by atoms with Gasteiger partial charge in [0.2, 0.25) is 0 Å². The number of carbonyl (C=O) groups is 1. The van der Waals surface area contributed by atoms with Gasteiger partial charge in [-0.15, -0.1) is 0 Å². The largest absolute Gasteiger partial charge is 0.450 e. The number of ether oxygens (including phenoxy) is 2. The van der Waals surface area contributed by atoms with Gasteiger partial charge in [0.05, 0.1) is 23.6 Å². The van der Waals surface area contributed by atoms with Crippen LogP contribution in [0.15, 0.2) is 30.6 Å². The number of urea groups is 1. The molecule has 0 saturated carbocycles. The van der Waals surface area contributed by atoms with Gasteiger partial charge in [-0.2, -0.15) is 0 Å². The van der Waals surface area contributed by atoms with Crippen LogP contribution in [-0.4, -0.2) is 60.3 Å². The Morgan fingerprint density at radius 1 is 1.28 bits per heavy atom. The minimum atomic E-state index is -0.968. The zero-order valence-electron chi connectivity index (χ0n) is 17.1. The molecule has 1 fully saturated rings. The maximum Gasteiger partial charge on any atom is 0.319 e.